The Bertz CT molecular complexity index is 839. The van der Waals surface area contributed by atoms with Crippen LogP contribution in [-0.2, 0) is 4.79 Å². The maximum Gasteiger partial charge on any atom is 0.253 e. The predicted molar refractivity (Wildman–Crippen MR) is 113 cm³/mol. The van der Waals surface area contributed by atoms with E-state index in [2.05, 4.69) is 5.32 Å². The lowest BCUT2D eigenvalue weighted by molar-refractivity contribution is -0.121. The Balaban J connectivity index is 0.00000280. The molecule has 150 valence electrons. The Morgan fingerprint density at radius 2 is 1.89 bits per heavy atom. The van der Waals surface area contributed by atoms with Gasteiger partial charge in [0.1, 0.15) is 5.75 Å². The number of aryl methyl sites for hydroxylation is 1. The number of hydrogen-bond donors (Lipinski definition) is 2. The number of methoxy groups -OCH3 is 1. The normalized spacial score (nSPS) is 16.1. The van der Waals surface area contributed by atoms with Crippen molar-refractivity contribution in [1.82, 2.24) is 4.90 Å². The first-order valence-electron chi connectivity index (χ1n) is 9.08. The summed E-state index contributed by atoms with van der Waals surface area (Å²) in [6, 6.07) is 12.7. The summed E-state index contributed by atoms with van der Waals surface area (Å²) in [5.41, 5.74) is 8.72. The summed E-state index contributed by atoms with van der Waals surface area (Å²) in [5.74, 6) is 0.197. The van der Waals surface area contributed by atoms with Crippen LogP contribution in [0.15, 0.2) is 42.5 Å². The van der Waals surface area contributed by atoms with Crippen molar-refractivity contribution in [2.75, 3.05) is 31.2 Å². The number of likely N-dealkylation sites (tertiary alicyclic amines) is 1. The molecule has 0 bridgehead atoms. The van der Waals surface area contributed by atoms with Gasteiger partial charge in [-0.3, -0.25) is 9.59 Å². The number of halogens is 1. The van der Waals surface area contributed by atoms with Gasteiger partial charge in [-0.05, 0) is 44.0 Å². The van der Waals surface area contributed by atoms with Gasteiger partial charge >= 0.3 is 0 Å². The number of rotatable bonds is 4. The Morgan fingerprint density at radius 3 is 2.57 bits per heavy atom. The topological polar surface area (TPSA) is 84.7 Å². The lowest BCUT2D eigenvalue weighted by Crippen LogP contribution is -2.43. The molecule has 28 heavy (non-hydrogen) atoms. The van der Waals surface area contributed by atoms with Crippen molar-refractivity contribution < 1.29 is 14.3 Å². The highest BCUT2D eigenvalue weighted by atomic mass is 35.5. The Kier molecular flexibility index (Phi) is 7.29. The van der Waals surface area contributed by atoms with Crippen molar-refractivity contribution >= 4 is 35.6 Å². The molecule has 0 saturated carbocycles. The molecule has 0 spiro atoms. The van der Waals surface area contributed by atoms with E-state index in [4.69, 9.17) is 10.5 Å². The molecule has 2 amide bonds. The van der Waals surface area contributed by atoms with Gasteiger partial charge in [-0.1, -0.05) is 17.7 Å². The number of nitrogens with one attached hydrogen (secondary N) is 1. The molecule has 1 unspecified atom stereocenters. The van der Waals surface area contributed by atoms with E-state index in [9.17, 15) is 9.59 Å². The number of nitrogens with zero attached hydrogens (tertiary/aromatic N) is 1. The third kappa shape index (κ3) is 4.95. The van der Waals surface area contributed by atoms with E-state index in [1.54, 1.807) is 30.2 Å². The molecule has 0 radical (unpaired) electrons. The van der Waals surface area contributed by atoms with Crippen LogP contribution in [-0.4, -0.2) is 36.9 Å². The molecule has 7 heteroatoms. The van der Waals surface area contributed by atoms with E-state index in [0.717, 1.165) is 18.4 Å². The second-order valence-corrected chi connectivity index (χ2v) is 6.90. The number of hydrogen-bond acceptors (Lipinski definition) is 4. The molecule has 3 rings (SSSR count). The molecule has 0 aliphatic carbocycles. The molecule has 1 atom stereocenters. The maximum absolute atomic E-state index is 12.7. The van der Waals surface area contributed by atoms with Crippen molar-refractivity contribution in [3.63, 3.8) is 0 Å². The van der Waals surface area contributed by atoms with E-state index < -0.39 is 0 Å². The summed E-state index contributed by atoms with van der Waals surface area (Å²) in [4.78, 5) is 27.2. The van der Waals surface area contributed by atoms with E-state index in [-0.39, 0.29) is 30.1 Å². The fraction of sp³-hybridized carbons (Fsp3) is 0.333. The van der Waals surface area contributed by atoms with Gasteiger partial charge in [0.2, 0.25) is 5.91 Å². The molecule has 6 nitrogen and oxygen atoms in total. The Hall–Kier alpha value is -2.73. The summed E-state index contributed by atoms with van der Waals surface area (Å²) >= 11 is 0. The summed E-state index contributed by atoms with van der Waals surface area (Å²) in [6.45, 7) is 3.06. The van der Waals surface area contributed by atoms with Gasteiger partial charge in [-0.2, -0.15) is 0 Å². The molecule has 2 aromatic carbocycles. The first-order chi connectivity index (χ1) is 13.0. The van der Waals surface area contributed by atoms with Crippen molar-refractivity contribution in [3.8, 4) is 5.75 Å². The Morgan fingerprint density at radius 1 is 1.18 bits per heavy atom. The standard InChI is InChI=1S/C21H25N3O3.ClH/c1-14-5-7-15(8-6-14)21(26)24-11-3-4-16(13-24)20(25)23-19-12-17(27-2)9-10-18(19)22;/h5-10,12,16H,3-4,11,13,22H2,1-2H3,(H,23,25);1H. The van der Waals surface area contributed by atoms with E-state index >= 15 is 0 Å². The van der Waals surface area contributed by atoms with Crippen LogP contribution in [0, 0.1) is 12.8 Å². The monoisotopic (exact) mass is 403 g/mol. The van der Waals surface area contributed by atoms with E-state index in [1.165, 1.54) is 0 Å². The number of piperidine rings is 1. The van der Waals surface area contributed by atoms with Gasteiger partial charge in [-0.15, -0.1) is 12.4 Å². The van der Waals surface area contributed by atoms with Crippen LogP contribution in [0.2, 0.25) is 0 Å². The van der Waals surface area contributed by atoms with Crippen LogP contribution in [0.25, 0.3) is 0 Å². The summed E-state index contributed by atoms with van der Waals surface area (Å²) < 4.78 is 5.18. The number of anilines is 2. The third-order valence-electron chi connectivity index (χ3n) is 4.90. The molecule has 1 heterocycles. The highest BCUT2D eigenvalue weighted by Gasteiger charge is 2.29. The molecule has 2 aromatic rings. The predicted octanol–water partition coefficient (Wildman–Crippen LogP) is 3.50. The van der Waals surface area contributed by atoms with Crippen LogP contribution < -0.4 is 15.8 Å². The minimum atomic E-state index is -0.265. The largest absolute Gasteiger partial charge is 0.497 e. The van der Waals surface area contributed by atoms with Gasteiger partial charge in [0.15, 0.2) is 0 Å². The SMILES string of the molecule is COc1ccc(N)c(NC(=O)C2CCCN(C(=O)c3ccc(C)cc3)C2)c1.Cl. The van der Waals surface area contributed by atoms with Crippen LogP contribution in [0.1, 0.15) is 28.8 Å². The number of ether oxygens (including phenoxy) is 1. The summed E-state index contributed by atoms with van der Waals surface area (Å²) in [5, 5.41) is 2.88. The van der Waals surface area contributed by atoms with Crippen LogP contribution in [0.4, 0.5) is 11.4 Å². The quantitative estimate of drug-likeness (QED) is 0.765. The van der Waals surface area contributed by atoms with E-state index in [1.807, 2.05) is 31.2 Å². The van der Waals surface area contributed by atoms with Crippen molar-refractivity contribution in [1.29, 1.82) is 0 Å². The number of carbonyl (C=O) groups excluding carboxylic acids is 2. The van der Waals surface area contributed by atoms with Crippen molar-refractivity contribution in [3.05, 3.63) is 53.6 Å². The van der Waals surface area contributed by atoms with Crippen LogP contribution >= 0.6 is 12.4 Å². The average molecular weight is 404 g/mol. The minimum absolute atomic E-state index is 0. The minimum Gasteiger partial charge on any atom is -0.497 e. The molecule has 3 N–H and O–H groups in total. The van der Waals surface area contributed by atoms with Gasteiger partial charge in [0.05, 0.1) is 24.4 Å². The Labute approximate surface area is 171 Å². The average Bonchev–Trinajstić information content (AvgIpc) is 2.69. The maximum atomic E-state index is 12.7. The fourth-order valence-electron chi connectivity index (χ4n) is 3.26. The number of nitrogen functional groups attached to an aromatic ring is 1. The van der Waals surface area contributed by atoms with Crippen molar-refractivity contribution in [2.45, 2.75) is 19.8 Å². The highest BCUT2D eigenvalue weighted by molar-refractivity contribution is 5.97. The van der Waals surface area contributed by atoms with Crippen LogP contribution in [0.3, 0.4) is 0 Å². The second kappa shape index (κ2) is 9.46. The molecule has 1 saturated heterocycles. The fourth-order valence-corrected chi connectivity index (χ4v) is 3.26. The first kappa shape index (κ1) is 21.6. The van der Waals surface area contributed by atoms with Gasteiger partial charge in [-0.25, -0.2) is 0 Å². The van der Waals surface area contributed by atoms with Gasteiger partial charge in [0.25, 0.3) is 5.91 Å². The summed E-state index contributed by atoms with van der Waals surface area (Å²) in [7, 11) is 1.56. The second-order valence-electron chi connectivity index (χ2n) is 6.90. The molecular formula is C21H26ClN3O3. The van der Waals surface area contributed by atoms with Crippen molar-refractivity contribution in [2.24, 2.45) is 5.92 Å². The molecule has 0 aromatic heterocycles. The highest BCUT2D eigenvalue weighted by Crippen LogP contribution is 2.26. The number of nitrogens with two attached hydrogens (primary N) is 1. The molecular weight excluding hydrogens is 378 g/mol. The smallest absolute Gasteiger partial charge is 0.253 e. The third-order valence-corrected chi connectivity index (χ3v) is 4.90. The van der Waals surface area contributed by atoms with E-state index in [0.29, 0.717) is 35.8 Å². The van der Waals surface area contributed by atoms with Gasteiger partial charge in [0, 0.05) is 24.7 Å². The van der Waals surface area contributed by atoms with Gasteiger partial charge < -0.3 is 20.7 Å². The number of benzene rings is 2. The lowest BCUT2D eigenvalue weighted by atomic mass is 9.96. The number of carbonyl (C=O) groups is 2. The zero-order valence-electron chi connectivity index (χ0n) is 16.1. The molecule has 1 aliphatic heterocycles. The number of amides is 2. The first-order valence-corrected chi connectivity index (χ1v) is 9.08. The summed E-state index contributed by atoms with van der Waals surface area (Å²) in [6.07, 6.45) is 1.54. The molecule has 1 fully saturated rings. The van der Waals surface area contributed by atoms with Crippen LogP contribution in [0.5, 0.6) is 5.75 Å². The molecule has 1 aliphatic rings. The zero-order valence-corrected chi connectivity index (χ0v) is 16.9. The zero-order chi connectivity index (χ0) is 19.4. The lowest BCUT2D eigenvalue weighted by Gasteiger charge is -2.32.